The van der Waals surface area contributed by atoms with Crippen molar-refractivity contribution in [3.63, 3.8) is 0 Å². The average molecular weight is 344 g/mol. The van der Waals surface area contributed by atoms with Gasteiger partial charge in [0, 0.05) is 19.6 Å². The van der Waals surface area contributed by atoms with Crippen molar-refractivity contribution in [2.24, 2.45) is 0 Å². The fraction of sp³-hybridized carbons (Fsp3) is 0.421. The number of benzene rings is 1. The Morgan fingerprint density at radius 3 is 2.80 bits per heavy atom. The zero-order chi connectivity index (χ0) is 17.6. The minimum Gasteiger partial charge on any atom is -0.467 e. The van der Waals surface area contributed by atoms with Gasteiger partial charge in [-0.3, -0.25) is 4.79 Å². The third-order valence-corrected chi connectivity index (χ3v) is 4.34. The van der Waals surface area contributed by atoms with Gasteiger partial charge in [-0.15, -0.1) is 0 Å². The number of nitrogens with zero attached hydrogens (tertiary/aromatic N) is 2. The van der Waals surface area contributed by atoms with Gasteiger partial charge in [0.2, 0.25) is 0 Å². The number of hydrogen-bond donors (Lipinski definition) is 1. The van der Waals surface area contributed by atoms with Crippen LogP contribution in [0.1, 0.15) is 17.4 Å². The van der Waals surface area contributed by atoms with Gasteiger partial charge >= 0.3 is 0 Å². The molecule has 1 saturated heterocycles. The number of furan rings is 1. The Labute approximate surface area is 147 Å². The molecule has 1 fully saturated rings. The lowest BCUT2D eigenvalue weighted by Gasteiger charge is -2.33. The molecule has 1 aromatic carbocycles. The molecule has 6 nitrogen and oxygen atoms in total. The van der Waals surface area contributed by atoms with E-state index < -0.39 is 12.2 Å². The van der Waals surface area contributed by atoms with E-state index in [1.54, 1.807) is 17.0 Å². The van der Waals surface area contributed by atoms with E-state index in [2.05, 4.69) is 4.90 Å². The summed E-state index contributed by atoms with van der Waals surface area (Å²) in [5, 5.41) is 10.4. The van der Waals surface area contributed by atoms with Crippen molar-refractivity contribution >= 4 is 5.91 Å². The van der Waals surface area contributed by atoms with Crippen molar-refractivity contribution < 1.29 is 19.1 Å². The van der Waals surface area contributed by atoms with Crippen LogP contribution >= 0.6 is 0 Å². The van der Waals surface area contributed by atoms with Gasteiger partial charge in [-0.25, -0.2) is 0 Å². The fourth-order valence-electron chi connectivity index (χ4n) is 2.95. The number of aliphatic hydroxyl groups is 1. The minimum absolute atomic E-state index is 0.110. The number of hydrogen-bond acceptors (Lipinski definition) is 5. The second kappa shape index (κ2) is 8.29. The largest absolute Gasteiger partial charge is 0.467 e. The van der Waals surface area contributed by atoms with Gasteiger partial charge in [-0.1, -0.05) is 30.3 Å². The highest BCUT2D eigenvalue weighted by molar-refractivity contribution is 5.81. The Balaban J connectivity index is 1.74. The molecule has 6 heteroatoms. The van der Waals surface area contributed by atoms with E-state index in [1.807, 2.05) is 37.4 Å². The Morgan fingerprint density at radius 2 is 2.12 bits per heavy atom. The number of amides is 1. The molecule has 134 valence electrons. The maximum atomic E-state index is 13.0. The molecule has 3 rings (SSSR count). The summed E-state index contributed by atoms with van der Waals surface area (Å²) in [6, 6.07) is 13.2. The molecule has 0 radical (unpaired) electrons. The van der Waals surface area contributed by atoms with Crippen LogP contribution in [0.4, 0.5) is 0 Å². The zero-order valence-electron chi connectivity index (χ0n) is 14.4. The molecule has 0 aliphatic carbocycles. The third-order valence-electron chi connectivity index (χ3n) is 4.34. The highest BCUT2D eigenvalue weighted by Crippen LogP contribution is 2.18. The van der Waals surface area contributed by atoms with Crippen LogP contribution in [0, 0.1) is 0 Å². The predicted molar refractivity (Wildman–Crippen MR) is 92.8 cm³/mol. The molecule has 1 aliphatic rings. The summed E-state index contributed by atoms with van der Waals surface area (Å²) >= 11 is 0. The molecule has 2 heterocycles. The van der Waals surface area contributed by atoms with E-state index in [1.165, 1.54) is 6.26 Å². The molecule has 2 aromatic rings. The van der Waals surface area contributed by atoms with Crippen molar-refractivity contribution in [3.05, 3.63) is 60.1 Å². The molecule has 25 heavy (non-hydrogen) atoms. The second-order valence-corrected chi connectivity index (χ2v) is 6.36. The highest BCUT2D eigenvalue weighted by atomic mass is 16.5. The van der Waals surface area contributed by atoms with Crippen LogP contribution in [0.25, 0.3) is 0 Å². The van der Waals surface area contributed by atoms with Crippen molar-refractivity contribution in [3.8, 4) is 0 Å². The Hall–Kier alpha value is -2.15. The van der Waals surface area contributed by atoms with Crippen molar-refractivity contribution in [1.82, 2.24) is 9.80 Å². The lowest BCUT2D eigenvalue weighted by Crippen LogP contribution is -2.50. The van der Waals surface area contributed by atoms with Gasteiger partial charge < -0.3 is 24.1 Å². The molecule has 0 bridgehead atoms. The maximum Gasteiger partial charge on any atom is 0.253 e. The number of ether oxygens (including phenoxy) is 1. The van der Waals surface area contributed by atoms with Crippen molar-refractivity contribution in [1.29, 1.82) is 0 Å². The maximum absolute atomic E-state index is 13.0. The van der Waals surface area contributed by atoms with E-state index >= 15 is 0 Å². The SMILES string of the molecule is CN1CCOC(C(=O)N(Cc2ccccc2)CC(O)c2ccco2)C1. The molecule has 1 amide bonds. The molecule has 2 atom stereocenters. The molecular formula is C19H24N2O4. The third kappa shape index (κ3) is 4.69. The average Bonchev–Trinajstić information content (AvgIpc) is 3.16. The van der Waals surface area contributed by atoms with Gasteiger partial charge in [-0.05, 0) is 24.7 Å². The van der Waals surface area contributed by atoms with E-state index in [0.29, 0.717) is 25.5 Å². The van der Waals surface area contributed by atoms with Gasteiger partial charge in [0.1, 0.15) is 18.0 Å². The van der Waals surface area contributed by atoms with Crippen molar-refractivity contribution in [2.45, 2.75) is 18.8 Å². The van der Waals surface area contributed by atoms with Crippen LogP contribution in [0.15, 0.2) is 53.1 Å². The number of aliphatic hydroxyl groups excluding tert-OH is 1. The van der Waals surface area contributed by atoms with Crippen LogP contribution < -0.4 is 0 Å². The monoisotopic (exact) mass is 344 g/mol. The number of morpholine rings is 1. The normalized spacial score (nSPS) is 19.5. The summed E-state index contributed by atoms with van der Waals surface area (Å²) in [6.07, 6.45) is 0.136. The Kier molecular flexibility index (Phi) is 5.86. The van der Waals surface area contributed by atoms with Crippen molar-refractivity contribution in [2.75, 3.05) is 33.3 Å². The first-order chi connectivity index (χ1) is 12.1. The number of carbonyl (C=O) groups is 1. The lowest BCUT2D eigenvalue weighted by atomic mass is 10.1. The van der Waals surface area contributed by atoms with E-state index in [0.717, 1.165) is 12.1 Å². The Bertz CT molecular complexity index is 659. The van der Waals surface area contributed by atoms with Crippen LogP contribution in [-0.2, 0) is 16.1 Å². The van der Waals surface area contributed by atoms with E-state index in [9.17, 15) is 9.90 Å². The number of carbonyl (C=O) groups excluding carboxylic acids is 1. The fourth-order valence-corrected chi connectivity index (χ4v) is 2.95. The summed E-state index contributed by atoms with van der Waals surface area (Å²) in [6.45, 7) is 2.48. The number of rotatable bonds is 6. The van der Waals surface area contributed by atoms with E-state index in [4.69, 9.17) is 9.15 Å². The standard InChI is InChI=1S/C19H24N2O4/c1-20-9-11-25-18(14-20)19(23)21(12-15-6-3-2-4-7-15)13-16(22)17-8-5-10-24-17/h2-8,10,16,18,22H,9,11-14H2,1H3. The van der Waals surface area contributed by atoms with Gasteiger partial charge in [0.15, 0.2) is 0 Å². The first kappa shape index (κ1) is 17.7. The van der Waals surface area contributed by atoms with Gasteiger partial charge in [-0.2, -0.15) is 0 Å². The molecule has 1 aliphatic heterocycles. The molecular weight excluding hydrogens is 320 g/mol. The minimum atomic E-state index is -0.871. The van der Waals surface area contributed by atoms with Gasteiger partial charge in [0.05, 0.1) is 19.4 Å². The summed E-state index contributed by atoms with van der Waals surface area (Å²) in [5.74, 6) is 0.341. The highest BCUT2D eigenvalue weighted by Gasteiger charge is 2.30. The molecule has 0 saturated carbocycles. The number of likely N-dealkylation sites (N-methyl/N-ethyl adjacent to an activating group) is 1. The smallest absolute Gasteiger partial charge is 0.253 e. The topological polar surface area (TPSA) is 66.2 Å². The van der Waals surface area contributed by atoms with Crippen LogP contribution in [0.5, 0.6) is 0 Å². The zero-order valence-corrected chi connectivity index (χ0v) is 14.4. The summed E-state index contributed by atoms with van der Waals surface area (Å²) in [5.41, 5.74) is 1.01. The molecule has 2 unspecified atom stereocenters. The second-order valence-electron chi connectivity index (χ2n) is 6.36. The molecule has 1 N–H and O–H groups in total. The van der Waals surface area contributed by atoms with Gasteiger partial charge in [0.25, 0.3) is 5.91 Å². The quantitative estimate of drug-likeness (QED) is 0.864. The Morgan fingerprint density at radius 1 is 1.32 bits per heavy atom. The lowest BCUT2D eigenvalue weighted by molar-refractivity contribution is -0.151. The summed E-state index contributed by atoms with van der Waals surface area (Å²) in [7, 11) is 1.97. The molecule has 1 aromatic heterocycles. The van der Waals surface area contributed by atoms with Crippen LogP contribution in [0.2, 0.25) is 0 Å². The first-order valence-corrected chi connectivity index (χ1v) is 8.48. The predicted octanol–water partition coefficient (Wildman–Crippen LogP) is 1.67. The van der Waals surface area contributed by atoms with E-state index in [-0.39, 0.29) is 12.5 Å². The summed E-state index contributed by atoms with van der Waals surface area (Å²) in [4.78, 5) is 16.7. The summed E-state index contributed by atoms with van der Waals surface area (Å²) < 4.78 is 10.9. The molecule has 0 spiro atoms. The van der Waals surface area contributed by atoms with Crippen LogP contribution in [0.3, 0.4) is 0 Å². The van der Waals surface area contributed by atoms with Crippen LogP contribution in [-0.4, -0.2) is 60.2 Å². The first-order valence-electron chi connectivity index (χ1n) is 8.48.